The van der Waals surface area contributed by atoms with Crippen LogP contribution in [0.2, 0.25) is 0 Å². The zero-order valence-electron chi connectivity index (χ0n) is 26.6. The average Bonchev–Trinajstić information content (AvgIpc) is 3.71. The van der Waals surface area contributed by atoms with E-state index in [0.29, 0.717) is 0 Å². The second kappa shape index (κ2) is 11.2. The molecule has 0 aliphatic heterocycles. The molecule has 0 spiro atoms. The maximum atomic E-state index is 2.48. The lowest BCUT2D eigenvalue weighted by Gasteiger charge is -2.28. The molecule has 0 aliphatic carbocycles. The van der Waals surface area contributed by atoms with Gasteiger partial charge in [-0.3, -0.25) is 0 Å². The number of hydrogen-bond acceptors (Lipinski definition) is 2. The van der Waals surface area contributed by atoms with Gasteiger partial charge in [0.05, 0.1) is 27.1 Å². The minimum Gasteiger partial charge on any atom is -0.307 e. The molecule has 10 aromatic rings. The lowest BCUT2D eigenvalue weighted by Crippen LogP contribution is -2.12. The highest BCUT2D eigenvalue weighted by Crippen LogP contribution is 2.48. The fourth-order valence-corrected chi connectivity index (χ4v) is 8.75. The third-order valence-corrected chi connectivity index (χ3v) is 10.9. The predicted molar refractivity (Wildman–Crippen MR) is 211 cm³/mol. The van der Waals surface area contributed by atoms with E-state index in [1.807, 2.05) is 11.3 Å². The van der Waals surface area contributed by atoms with E-state index in [-0.39, 0.29) is 0 Å². The first-order valence-corrected chi connectivity index (χ1v) is 17.5. The molecule has 0 amide bonds. The Morgan fingerprint density at radius 2 is 1.04 bits per heavy atom. The van der Waals surface area contributed by atoms with E-state index >= 15 is 0 Å². The van der Waals surface area contributed by atoms with Crippen molar-refractivity contribution < 1.29 is 0 Å². The first-order valence-electron chi connectivity index (χ1n) is 16.7. The van der Waals surface area contributed by atoms with Crippen molar-refractivity contribution >= 4 is 81.1 Å². The zero-order chi connectivity index (χ0) is 32.3. The summed E-state index contributed by atoms with van der Waals surface area (Å²) in [6, 6.07) is 66.1. The highest BCUT2D eigenvalue weighted by molar-refractivity contribution is 7.26. The lowest BCUT2D eigenvalue weighted by atomic mass is 10.0. The molecule has 0 N–H and O–H groups in total. The Labute approximate surface area is 288 Å². The Morgan fingerprint density at radius 3 is 1.84 bits per heavy atom. The van der Waals surface area contributed by atoms with Crippen molar-refractivity contribution in [3.8, 4) is 16.8 Å². The van der Waals surface area contributed by atoms with Gasteiger partial charge in [0.25, 0.3) is 0 Å². The molecule has 0 saturated heterocycles. The molecule has 3 heteroatoms. The standard InChI is InChI=1S/C46H30N2S/c1-3-13-31(14-4-1)32-25-27-36(28-26-32)47(43-24-12-21-39-40-29-33-15-7-8-16-34(33)30-44(40)49-46(39)43)42-23-11-20-38-37-19-9-10-22-41(37)48(45(38)42)35-17-5-2-6-18-35/h1-30H. The number of benzene rings is 8. The fourth-order valence-electron chi connectivity index (χ4n) is 7.51. The van der Waals surface area contributed by atoms with Crippen LogP contribution in [-0.2, 0) is 0 Å². The van der Waals surface area contributed by atoms with E-state index in [9.17, 15) is 0 Å². The van der Waals surface area contributed by atoms with Crippen molar-refractivity contribution in [2.45, 2.75) is 0 Å². The molecule has 0 radical (unpaired) electrons. The van der Waals surface area contributed by atoms with Crippen LogP contribution < -0.4 is 4.90 Å². The van der Waals surface area contributed by atoms with Gasteiger partial charge >= 0.3 is 0 Å². The number of para-hydroxylation sites is 3. The molecule has 0 unspecified atom stereocenters. The summed E-state index contributed by atoms with van der Waals surface area (Å²) in [5.74, 6) is 0. The molecule has 2 heterocycles. The Morgan fingerprint density at radius 1 is 0.429 bits per heavy atom. The normalized spacial score (nSPS) is 11.7. The van der Waals surface area contributed by atoms with E-state index in [1.54, 1.807) is 0 Å². The predicted octanol–water partition coefficient (Wildman–Crippen LogP) is 13.4. The second-order valence-electron chi connectivity index (χ2n) is 12.6. The van der Waals surface area contributed by atoms with Gasteiger partial charge in [-0.15, -0.1) is 11.3 Å². The highest BCUT2D eigenvalue weighted by Gasteiger charge is 2.23. The molecular weight excluding hydrogens is 613 g/mol. The van der Waals surface area contributed by atoms with Crippen LogP contribution in [-0.4, -0.2) is 4.57 Å². The molecule has 0 fully saturated rings. The minimum absolute atomic E-state index is 1.12. The monoisotopic (exact) mass is 642 g/mol. The molecule has 0 atom stereocenters. The molecule has 49 heavy (non-hydrogen) atoms. The van der Waals surface area contributed by atoms with Gasteiger partial charge < -0.3 is 9.47 Å². The number of hydrogen-bond donors (Lipinski definition) is 0. The van der Waals surface area contributed by atoms with Crippen molar-refractivity contribution in [2.75, 3.05) is 4.90 Å². The molecule has 2 aromatic heterocycles. The van der Waals surface area contributed by atoms with Gasteiger partial charge in [0.15, 0.2) is 0 Å². The maximum absolute atomic E-state index is 2.48. The number of fused-ring (bicyclic) bond motifs is 7. The molecule has 230 valence electrons. The van der Waals surface area contributed by atoms with Crippen molar-refractivity contribution in [3.05, 3.63) is 182 Å². The average molecular weight is 643 g/mol. The van der Waals surface area contributed by atoms with Crippen LogP contribution in [0.1, 0.15) is 0 Å². The molecule has 0 aliphatic rings. The Balaban J connectivity index is 1.29. The maximum Gasteiger partial charge on any atom is 0.0782 e. The Hall–Kier alpha value is -6.16. The summed E-state index contributed by atoms with van der Waals surface area (Å²) in [6.07, 6.45) is 0. The molecular formula is C46H30N2S. The molecule has 0 bridgehead atoms. The topological polar surface area (TPSA) is 8.17 Å². The van der Waals surface area contributed by atoms with Gasteiger partial charge in [-0.25, -0.2) is 0 Å². The van der Waals surface area contributed by atoms with Crippen molar-refractivity contribution in [3.63, 3.8) is 0 Å². The van der Waals surface area contributed by atoms with E-state index in [0.717, 1.165) is 17.1 Å². The summed E-state index contributed by atoms with van der Waals surface area (Å²) < 4.78 is 5.01. The molecule has 0 saturated carbocycles. The van der Waals surface area contributed by atoms with E-state index in [1.165, 1.54) is 69.6 Å². The summed E-state index contributed by atoms with van der Waals surface area (Å²) in [5, 5.41) is 7.60. The third kappa shape index (κ3) is 4.47. The van der Waals surface area contributed by atoms with Crippen molar-refractivity contribution in [1.82, 2.24) is 4.57 Å². The first-order chi connectivity index (χ1) is 24.3. The van der Waals surface area contributed by atoms with Gasteiger partial charge in [-0.2, -0.15) is 0 Å². The summed E-state index contributed by atoms with van der Waals surface area (Å²) in [4.78, 5) is 2.48. The minimum atomic E-state index is 1.12. The molecule has 2 nitrogen and oxygen atoms in total. The largest absolute Gasteiger partial charge is 0.307 e. The summed E-state index contributed by atoms with van der Waals surface area (Å²) >= 11 is 1.88. The van der Waals surface area contributed by atoms with E-state index < -0.39 is 0 Å². The van der Waals surface area contributed by atoms with Crippen LogP contribution >= 0.6 is 11.3 Å². The fraction of sp³-hybridized carbons (Fsp3) is 0. The first kappa shape index (κ1) is 27.9. The van der Waals surface area contributed by atoms with Crippen molar-refractivity contribution in [2.24, 2.45) is 0 Å². The number of thiophene rings is 1. The third-order valence-electron chi connectivity index (χ3n) is 9.75. The van der Waals surface area contributed by atoms with Crippen LogP contribution in [0.3, 0.4) is 0 Å². The second-order valence-corrected chi connectivity index (χ2v) is 13.6. The zero-order valence-corrected chi connectivity index (χ0v) is 27.4. The van der Waals surface area contributed by atoms with Crippen LogP contribution in [0, 0.1) is 0 Å². The molecule has 8 aromatic carbocycles. The Kier molecular flexibility index (Phi) is 6.39. The summed E-state index contributed by atoms with van der Waals surface area (Å²) in [5.41, 5.74) is 9.37. The van der Waals surface area contributed by atoms with Crippen LogP contribution in [0.4, 0.5) is 17.1 Å². The summed E-state index contributed by atoms with van der Waals surface area (Å²) in [7, 11) is 0. The highest BCUT2D eigenvalue weighted by atomic mass is 32.1. The van der Waals surface area contributed by atoms with E-state index in [4.69, 9.17) is 0 Å². The van der Waals surface area contributed by atoms with Gasteiger partial charge in [-0.1, -0.05) is 127 Å². The van der Waals surface area contributed by atoms with Crippen LogP contribution in [0.25, 0.3) is 69.6 Å². The van der Waals surface area contributed by atoms with Gasteiger partial charge in [0.2, 0.25) is 0 Å². The number of nitrogens with zero attached hydrogens (tertiary/aromatic N) is 2. The number of aromatic nitrogens is 1. The van der Waals surface area contributed by atoms with Gasteiger partial charge in [0, 0.05) is 37.6 Å². The van der Waals surface area contributed by atoms with Crippen LogP contribution in [0.5, 0.6) is 0 Å². The molecule has 10 rings (SSSR count). The lowest BCUT2D eigenvalue weighted by molar-refractivity contribution is 1.17. The van der Waals surface area contributed by atoms with Crippen LogP contribution in [0.15, 0.2) is 182 Å². The summed E-state index contributed by atoms with van der Waals surface area (Å²) in [6.45, 7) is 0. The number of rotatable bonds is 5. The van der Waals surface area contributed by atoms with Gasteiger partial charge in [0.1, 0.15) is 0 Å². The van der Waals surface area contributed by atoms with Crippen molar-refractivity contribution in [1.29, 1.82) is 0 Å². The smallest absolute Gasteiger partial charge is 0.0782 e. The SMILES string of the molecule is c1ccc(-c2ccc(N(c3cccc4c3sc3cc5ccccc5cc34)c3cccc4c5ccccc5n(-c5ccccc5)c34)cc2)cc1. The van der Waals surface area contributed by atoms with E-state index in [2.05, 4.69) is 191 Å². The number of anilines is 3. The Bertz CT molecular complexity index is 2810. The quantitative estimate of drug-likeness (QED) is 0.181. The van der Waals surface area contributed by atoms with Gasteiger partial charge in [-0.05, 0) is 76.5 Å².